The number of aliphatic carboxylic acids is 1. The fraction of sp³-hybridized carbons (Fsp3) is 0.385. The summed E-state index contributed by atoms with van der Waals surface area (Å²) in [7, 11) is 0. The van der Waals surface area contributed by atoms with Gasteiger partial charge in [-0.1, -0.05) is 12.1 Å². The van der Waals surface area contributed by atoms with Gasteiger partial charge in [0.1, 0.15) is 5.82 Å². The molecule has 1 aromatic rings. The first-order chi connectivity index (χ1) is 8.40. The van der Waals surface area contributed by atoms with E-state index in [1.165, 1.54) is 18.2 Å². The number of carboxylic acid groups (broad SMARTS) is 1. The zero-order valence-electron chi connectivity index (χ0n) is 10.3. The summed E-state index contributed by atoms with van der Waals surface area (Å²) in [5, 5.41) is 11.2. The van der Waals surface area contributed by atoms with E-state index in [1.807, 2.05) is 0 Å². The maximum atomic E-state index is 13.0. The highest BCUT2D eigenvalue weighted by Gasteiger charge is 2.18. The molecule has 0 aliphatic carbocycles. The molecule has 0 fully saturated rings. The number of halogens is 1. The van der Waals surface area contributed by atoms with Crippen LogP contribution in [0.5, 0.6) is 0 Å². The molecule has 0 spiro atoms. The van der Waals surface area contributed by atoms with Gasteiger partial charge >= 0.3 is 5.97 Å². The molecule has 1 rings (SSSR count). The van der Waals surface area contributed by atoms with E-state index in [1.54, 1.807) is 19.9 Å². The third kappa shape index (κ3) is 4.16. The topological polar surface area (TPSA) is 66.4 Å². The molecule has 0 aliphatic rings. The zero-order valence-corrected chi connectivity index (χ0v) is 10.3. The smallest absolute Gasteiger partial charge is 0.305 e. The number of carbonyl (C=O) groups excluding carboxylic acids is 1. The van der Waals surface area contributed by atoms with E-state index in [9.17, 15) is 14.0 Å². The Balaban J connectivity index is 2.64. The minimum Gasteiger partial charge on any atom is -0.481 e. The van der Waals surface area contributed by atoms with Gasteiger partial charge in [-0.3, -0.25) is 9.59 Å². The standard InChI is InChI=1S/C13H16FNO3/c1-8(6-12(16)17)15-13(18)9(2)10-4-3-5-11(14)7-10/h3-5,7-9H,6H2,1-2H3,(H,15,18)(H,16,17)/t8-,9+/m0/s1. The molecule has 0 aliphatic heterocycles. The van der Waals surface area contributed by atoms with E-state index in [0.717, 1.165) is 0 Å². The average Bonchev–Trinajstić information content (AvgIpc) is 2.26. The predicted molar refractivity (Wildman–Crippen MR) is 64.7 cm³/mol. The first kappa shape index (κ1) is 14.2. The number of carbonyl (C=O) groups is 2. The van der Waals surface area contributed by atoms with Gasteiger partial charge in [0.2, 0.25) is 5.91 Å². The summed E-state index contributed by atoms with van der Waals surface area (Å²) in [5.41, 5.74) is 0.565. The van der Waals surface area contributed by atoms with Crippen LogP contribution in [-0.4, -0.2) is 23.0 Å². The van der Waals surface area contributed by atoms with Crippen LogP contribution in [0.4, 0.5) is 4.39 Å². The molecule has 2 atom stereocenters. The molecule has 0 unspecified atom stereocenters. The molecule has 98 valence electrons. The second-order valence-electron chi connectivity index (χ2n) is 4.28. The molecule has 0 aromatic heterocycles. The maximum Gasteiger partial charge on any atom is 0.305 e. The quantitative estimate of drug-likeness (QED) is 0.842. The summed E-state index contributed by atoms with van der Waals surface area (Å²) in [5.74, 6) is -2.20. The lowest BCUT2D eigenvalue weighted by Gasteiger charge is -2.16. The van der Waals surface area contributed by atoms with Crippen molar-refractivity contribution in [2.45, 2.75) is 32.2 Å². The highest BCUT2D eigenvalue weighted by molar-refractivity contribution is 5.83. The average molecular weight is 253 g/mol. The second kappa shape index (κ2) is 6.14. The molecule has 4 nitrogen and oxygen atoms in total. The van der Waals surface area contributed by atoms with Crippen LogP contribution in [0.25, 0.3) is 0 Å². The third-order valence-corrected chi connectivity index (χ3v) is 2.61. The van der Waals surface area contributed by atoms with Crippen LogP contribution in [0.2, 0.25) is 0 Å². The van der Waals surface area contributed by atoms with Gasteiger partial charge in [-0.05, 0) is 31.5 Å². The number of benzene rings is 1. The molecule has 0 radical (unpaired) electrons. The number of carboxylic acids is 1. The molecule has 0 saturated carbocycles. The number of rotatable bonds is 5. The predicted octanol–water partition coefficient (Wildman–Crippen LogP) is 1.91. The van der Waals surface area contributed by atoms with E-state index >= 15 is 0 Å². The highest BCUT2D eigenvalue weighted by Crippen LogP contribution is 2.16. The summed E-state index contributed by atoms with van der Waals surface area (Å²) in [6, 6.07) is 5.35. The molecular formula is C13H16FNO3. The first-order valence-electron chi connectivity index (χ1n) is 5.67. The van der Waals surface area contributed by atoms with Crippen LogP contribution in [0.15, 0.2) is 24.3 Å². The number of hydrogen-bond acceptors (Lipinski definition) is 2. The molecular weight excluding hydrogens is 237 g/mol. The van der Waals surface area contributed by atoms with Crippen molar-refractivity contribution in [1.29, 1.82) is 0 Å². The summed E-state index contributed by atoms with van der Waals surface area (Å²) in [6.45, 7) is 3.27. The fourth-order valence-corrected chi connectivity index (χ4v) is 1.61. The SMILES string of the molecule is C[C@@H](CC(=O)O)NC(=O)[C@H](C)c1cccc(F)c1. The van der Waals surface area contributed by atoms with E-state index in [4.69, 9.17) is 5.11 Å². The third-order valence-electron chi connectivity index (χ3n) is 2.61. The van der Waals surface area contributed by atoms with Crippen molar-refractivity contribution in [3.05, 3.63) is 35.6 Å². The Labute approximate surface area is 105 Å². The maximum absolute atomic E-state index is 13.0. The Hall–Kier alpha value is -1.91. The summed E-state index contributed by atoms with van der Waals surface area (Å²) in [4.78, 5) is 22.3. The van der Waals surface area contributed by atoms with Gasteiger partial charge in [0.15, 0.2) is 0 Å². The van der Waals surface area contributed by atoms with Crippen LogP contribution >= 0.6 is 0 Å². The van der Waals surface area contributed by atoms with Crippen LogP contribution in [0.1, 0.15) is 31.7 Å². The highest BCUT2D eigenvalue weighted by atomic mass is 19.1. The van der Waals surface area contributed by atoms with Crippen LogP contribution in [-0.2, 0) is 9.59 Å². The van der Waals surface area contributed by atoms with Gasteiger partial charge in [0.25, 0.3) is 0 Å². The molecule has 18 heavy (non-hydrogen) atoms. The lowest BCUT2D eigenvalue weighted by atomic mass is 10.00. The van der Waals surface area contributed by atoms with Gasteiger partial charge in [0, 0.05) is 6.04 Å². The van der Waals surface area contributed by atoms with Crippen LogP contribution in [0.3, 0.4) is 0 Å². The van der Waals surface area contributed by atoms with Gasteiger partial charge in [-0.15, -0.1) is 0 Å². The van der Waals surface area contributed by atoms with Crippen molar-refractivity contribution in [3.63, 3.8) is 0 Å². The van der Waals surface area contributed by atoms with Crippen molar-refractivity contribution in [2.24, 2.45) is 0 Å². The molecule has 1 amide bonds. The van der Waals surface area contributed by atoms with Gasteiger partial charge < -0.3 is 10.4 Å². The van der Waals surface area contributed by atoms with Crippen molar-refractivity contribution in [2.75, 3.05) is 0 Å². The largest absolute Gasteiger partial charge is 0.481 e. The lowest BCUT2D eigenvalue weighted by molar-refractivity contribution is -0.137. The fourth-order valence-electron chi connectivity index (χ4n) is 1.61. The number of hydrogen-bond donors (Lipinski definition) is 2. The lowest BCUT2D eigenvalue weighted by Crippen LogP contribution is -2.36. The normalized spacial score (nSPS) is 13.7. The first-order valence-corrected chi connectivity index (χ1v) is 5.67. The van der Waals surface area contributed by atoms with E-state index in [0.29, 0.717) is 5.56 Å². The Kier molecular flexibility index (Phi) is 4.83. The minimum absolute atomic E-state index is 0.137. The summed E-state index contributed by atoms with van der Waals surface area (Å²) >= 11 is 0. The Morgan fingerprint density at radius 1 is 1.39 bits per heavy atom. The molecule has 1 aromatic carbocycles. The van der Waals surface area contributed by atoms with Crippen molar-refractivity contribution >= 4 is 11.9 Å². The van der Waals surface area contributed by atoms with Crippen molar-refractivity contribution < 1.29 is 19.1 Å². The van der Waals surface area contributed by atoms with E-state index in [2.05, 4.69) is 5.32 Å². The number of amides is 1. The Morgan fingerprint density at radius 3 is 2.61 bits per heavy atom. The molecule has 2 N–H and O–H groups in total. The molecule has 0 saturated heterocycles. The second-order valence-corrected chi connectivity index (χ2v) is 4.28. The number of nitrogens with one attached hydrogen (secondary N) is 1. The van der Waals surface area contributed by atoms with Gasteiger partial charge in [-0.2, -0.15) is 0 Å². The van der Waals surface area contributed by atoms with Crippen molar-refractivity contribution in [3.8, 4) is 0 Å². The monoisotopic (exact) mass is 253 g/mol. The van der Waals surface area contributed by atoms with E-state index < -0.39 is 23.7 Å². The Morgan fingerprint density at radius 2 is 2.06 bits per heavy atom. The molecule has 5 heteroatoms. The summed E-state index contributed by atoms with van der Waals surface area (Å²) < 4.78 is 13.0. The van der Waals surface area contributed by atoms with Crippen LogP contribution < -0.4 is 5.32 Å². The minimum atomic E-state index is -0.971. The Bertz CT molecular complexity index is 448. The summed E-state index contributed by atoms with van der Waals surface area (Å²) in [6.07, 6.45) is -0.137. The van der Waals surface area contributed by atoms with Crippen molar-refractivity contribution in [1.82, 2.24) is 5.32 Å². The zero-order chi connectivity index (χ0) is 13.7. The van der Waals surface area contributed by atoms with E-state index in [-0.39, 0.29) is 12.3 Å². The van der Waals surface area contributed by atoms with Crippen LogP contribution in [0, 0.1) is 5.82 Å². The molecule has 0 bridgehead atoms. The van der Waals surface area contributed by atoms with Gasteiger partial charge in [0.05, 0.1) is 12.3 Å². The molecule has 0 heterocycles. The van der Waals surface area contributed by atoms with Gasteiger partial charge in [-0.25, -0.2) is 4.39 Å².